The highest BCUT2D eigenvalue weighted by atomic mass is 35.5. The topological polar surface area (TPSA) is 102 Å². The molecule has 0 aliphatic carbocycles. The molecule has 0 bridgehead atoms. The highest BCUT2D eigenvalue weighted by molar-refractivity contribution is 7.92. The highest BCUT2D eigenvalue weighted by Crippen LogP contribution is 2.30. The molecule has 0 radical (unpaired) electrons. The van der Waals surface area contributed by atoms with Gasteiger partial charge >= 0.3 is 5.97 Å². The van der Waals surface area contributed by atoms with Crippen LogP contribution in [0.5, 0.6) is 11.5 Å². The van der Waals surface area contributed by atoms with E-state index in [-0.39, 0.29) is 39.4 Å². The number of rotatable bonds is 9. The molecule has 2 N–H and O–H groups in total. The summed E-state index contributed by atoms with van der Waals surface area (Å²) in [5.74, 6) is -0.236. The number of carboxylic acid groups (broad SMARTS) is 1. The maximum absolute atomic E-state index is 12.7. The Kier molecular flexibility index (Phi) is 7.27. The van der Waals surface area contributed by atoms with Crippen LogP contribution in [0.25, 0.3) is 0 Å². The molecule has 0 heterocycles. The molecule has 0 aromatic heterocycles. The minimum absolute atomic E-state index is 0.0395. The van der Waals surface area contributed by atoms with E-state index in [2.05, 4.69) is 4.72 Å². The van der Waals surface area contributed by atoms with Crippen LogP contribution in [0.4, 0.5) is 5.69 Å². The summed E-state index contributed by atoms with van der Waals surface area (Å²) >= 11 is 11.9. The summed E-state index contributed by atoms with van der Waals surface area (Å²) in [4.78, 5) is 10.7. The number of nitrogens with one attached hydrogen (secondary N) is 1. The minimum Gasteiger partial charge on any atom is -0.490 e. The van der Waals surface area contributed by atoms with Gasteiger partial charge < -0.3 is 14.6 Å². The van der Waals surface area contributed by atoms with Crippen LogP contribution in [0.2, 0.25) is 10.0 Å². The Bertz CT molecular complexity index is 1180. The van der Waals surface area contributed by atoms with Crippen LogP contribution in [-0.4, -0.2) is 32.7 Å². The first kappa shape index (κ1) is 22.7. The first-order chi connectivity index (χ1) is 14.8. The number of sulfonamides is 1. The Morgan fingerprint density at radius 2 is 1.61 bits per heavy atom. The molecular weight excluding hydrogens is 465 g/mol. The third-order valence-corrected chi connectivity index (χ3v) is 6.11. The molecule has 3 aromatic rings. The van der Waals surface area contributed by atoms with Gasteiger partial charge in [-0.2, -0.15) is 0 Å². The number of carboxylic acids is 1. The van der Waals surface area contributed by atoms with Gasteiger partial charge in [0, 0.05) is 5.02 Å². The number of para-hydroxylation sites is 2. The van der Waals surface area contributed by atoms with Crippen molar-refractivity contribution in [2.75, 3.05) is 17.9 Å². The zero-order valence-electron chi connectivity index (χ0n) is 15.9. The molecule has 0 aliphatic heterocycles. The maximum atomic E-state index is 12.7. The van der Waals surface area contributed by atoms with Crippen LogP contribution in [0.1, 0.15) is 10.4 Å². The number of hydrogen-bond acceptors (Lipinski definition) is 5. The fraction of sp³-hybridized carbons (Fsp3) is 0.0952. The lowest BCUT2D eigenvalue weighted by atomic mass is 10.2. The fourth-order valence-corrected chi connectivity index (χ4v) is 4.40. The molecule has 31 heavy (non-hydrogen) atoms. The predicted octanol–water partition coefficient (Wildman–Crippen LogP) is 4.95. The molecule has 3 rings (SSSR count). The molecule has 0 spiro atoms. The number of aromatic carboxylic acids is 1. The van der Waals surface area contributed by atoms with Gasteiger partial charge in [-0.3, -0.25) is 4.72 Å². The molecule has 0 fully saturated rings. The molecule has 7 nitrogen and oxygen atoms in total. The SMILES string of the molecule is O=C(O)c1ccc(OCCOc2ccccc2NS(=O)(=O)c2cc(Cl)ccc2Cl)cc1. The molecule has 10 heteroatoms. The van der Waals surface area contributed by atoms with E-state index in [0.717, 1.165) is 0 Å². The zero-order valence-corrected chi connectivity index (χ0v) is 18.2. The second-order valence-electron chi connectivity index (χ2n) is 6.20. The van der Waals surface area contributed by atoms with Crippen molar-refractivity contribution in [3.63, 3.8) is 0 Å². The van der Waals surface area contributed by atoms with Crippen molar-refractivity contribution in [1.82, 2.24) is 0 Å². The summed E-state index contributed by atoms with van der Waals surface area (Å²) in [6.45, 7) is 0.283. The molecule has 0 saturated heterocycles. The smallest absolute Gasteiger partial charge is 0.335 e. The number of ether oxygens (including phenoxy) is 2. The van der Waals surface area contributed by atoms with Gasteiger partial charge in [0.05, 0.1) is 16.3 Å². The zero-order chi connectivity index (χ0) is 22.4. The molecule has 0 aliphatic rings. The van der Waals surface area contributed by atoms with E-state index in [1.807, 2.05) is 0 Å². The monoisotopic (exact) mass is 481 g/mol. The van der Waals surface area contributed by atoms with Crippen molar-refractivity contribution < 1.29 is 27.8 Å². The quantitative estimate of drug-likeness (QED) is 0.419. The van der Waals surface area contributed by atoms with Crippen molar-refractivity contribution in [3.8, 4) is 11.5 Å². The van der Waals surface area contributed by atoms with E-state index in [9.17, 15) is 13.2 Å². The second-order valence-corrected chi connectivity index (χ2v) is 8.70. The third kappa shape index (κ3) is 6.04. The van der Waals surface area contributed by atoms with Crippen molar-refractivity contribution in [2.24, 2.45) is 0 Å². The fourth-order valence-electron chi connectivity index (χ4n) is 2.56. The van der Waals surface area contributed by atoms with E-state index in [1.54, 1.807) is 36.4 Å². The van der Waals surface area contributed by atoms with Crippen LogP contribution in [0.15, 0.2) is 71.6 Å². The number of carbonyl (C=O) groups is 1. The van der Waals surface area contributed by atoms with Gasteiger partial charge in [0.2, 0.25) is 0 Å². The predicted molar refractivity (Wildman–Crippen MR) is 118 cm³/mol. The summed E-state index contributed by atoms with van der Waals surface area (Å²) in [6.07, 6.45) is 0. The lowest BCUT2D eigenvalue weighted by Gasteiger charge is -2.14. The van der Waals surface area contributed by atoms with E-state index < -0.39 is 16.0 Å². The second kappa shape index (κ2) is 9.91. The molecule has 3 aromatic carbocycles. The van der Waals surface area contributed by atoms with Gasteiger partial charge in [0.15, 0.2) is 0 Å². The molecule has 162 valence electrons. The van der Waals surface area contributed by atoms with Gasteiger partial charge in [0.1, 0.15) is 29.6 Å². The standard InChI is InChI=1S/C21H17Cl2NO6S/c22-15-7-10-17(23)20(13-15)31(27,28)24-18-3-1-2-4-19(18)30-12-11-29-16-8-5-14(6-9-16)21(25)26/h1-10,13,24H,11-12H2,(H,25,26). The number of halogens is 2. The van der Waals surface area contributed by atoms with Crippen LogP contribution in [-0.2, 0) is 10.0 Å². The maximum Gasteiger partial charge on any atom is 0.335 e. The summed E-state index contributed by atoms with van der Waals surface area (Å²) in [5.41, 5.74) is 0.383. The largest absolute Gasteiger partial charge is 0.490 e. The van der Waals surface area contributed by atoms with Crippen molar-refractivity contribution in [2.45, 2.75) is 4.90 Å². The van der Waals surface area contributed by atoms with Gasteiger partial charge in [-0.15, -0.1) is 0 Å². The van der Waals surface area contributed by atoms with Crippen LogP contribution in [0, 0.1) is 0 Å². The highest BCUT2D eigenvalue weighted by Gasteiger charge is 2.20. The molecule has 0 unspecified atom stereocenters. The average Bonchev–Trinajstić information content (AvgIpc) is 2.74. The number of anilines is 1. The van der Waals surface area contributed by atoms with E-state index in [1.165, 1.54) is 30.3 Å². The van der Waals surface area contributed by atoms with Gasteiger partial charge in [-0.1, -0.05) is 35.3 Å². The molecule has 0 atom stereocenters. The summed E-state index contributed by atoms with van der Waals surface area (Å²) < 4.78 is 39.1. The van der Waals surface area contributed by atoms with Gasteiger partial charge in [-0.05, 0) is 54.6 Å². The minimum atomic E-state index is -4.00. The first-order valence-corrected chi connectivity index (χ1v) is 11.2. The number of hydrogen-bond donors (Lipinski definition) is 2. The van der Waals surface area contributed by atoms with Gasteiger partial charge in [0.25, 0.3) is 10.0 Å². The lowest BCUT2D eigenvalue weighted by molar-refractivity contribution is 0.0697. The molecule has 0 amide bonds. The summed E-state index contributed by atoms with van der Waals surface area (Å²) in [7, 11) is -4.00. The van der Waals surface area contributed by atoms with E-state index in [4.69, 9.17) is 37.8 Å². The van der Waals surface area contributed by atoms with Crippen molar-refractivity contribution in [3.05, 3.63) is 82.3 Å². The van der Waals surface area contributed by atoms with E-state index >= 15 is 0 Å². The Balaban J connectivity index is 1.64. The van der Waals surface area contributed by atoms with Crippen LogP contribution in [0.3, 0.4) is 0 Å². The average molecular weight is 482 g/mol. The van der Waals surface area contributed by atoms with Crippen LogP contribution < -0.4 is 14.2 Å². The normalized spacial score (nSPS) is 11.0. The third-order valence-electron chi connectivity index (χ3n) is 4.03. The van der Waals surface area contributed by atoms with Crippen molar-refractivity contribution >= 4 is 44.9 Å². The molecular formula is C21H17Cl2NO6S. The Labute approximate surface area is 189 Å². The number of benzene rings is 3. The lowest BCUT2D eigenvalue weighted by Crippen LogP contribution is -2.15. The van der Waals surface area contributed by atoms with Crippen molar-refractivity contribution in [1.29, 1.82) is 0 Å². The van der Waals surface area contributed by atoms with Crippen LogP contribution >= 0.6 is 23.2 Å². The Morgan fingerprint density at radius 1 is 0.935 bits per heavy atom. The first-order valence-electron chi connectivity index (χ1n) is 8.92. The molecule has 0 saturated carbocycles. The van der Waals surface area contributed by atoms with E-state index in [0.29, 0.717) is 11.5 Å². The van der Waals surface area contributed by atoms with Gasteiger partial charge in [-0.25, -0.2) is 13.2 Å². The summed E-state index contributed by atoms with van der Waals surface area (Å²) in [5, 5.41) is 9.18. The summed E-state index contributed by atoms with van der Waals surface area (Å²) in [6, 6.07) is 16.6. The Hall–Kier alpha value is -2.94. The Morgan fingerprint density at radius 3 is 2.32 bits per heavy atom.